The Hall–Kier alpha value is -3.39. The van der Waals surface area contributed by atoms with Crippen LogP contribution in [0.15, 0.2) is 54.6 Å². The molecule has 0 spiro atoms. The number of aromatic nitrogens is 1. The number of pyridine rings is 1. The van der Waals surface area contributed by atoms with Crippen LogP contribution in [0.4, 0.5) is 13.2 Å². The lowest BCUT2D eigenvalue weighted by atomic mass is 9.95. The topological polar surface area (TPSA) is 54.5 Å². The molecule has 3 aromatic rings. The second-order valence-corrected chi connectivity index (χ2v) is 8.95. The van der Waals surface area contributed by atoms with Crippen molar-refractivity contribution in [2.24, 2.45) is 5.92 Å². The van der Waals surface area contributed by atoms with Gasteiger partial charge >= 0.3 is 0 Å². The molecule has 182 valence electrons. The number of halogens is 3. The van der Waals surface area contributed by atoms with Gasteiger partial charge in [-0.05, 0) is 67.1 Å². The van der Waals surface area contributed by atoms with Crippen LogP contribution in [0, 0.1) is 17.6 Å². The van der Waals surface area contributed by atoms with Crippen LogP contribution in [0.1, 0.15) is 46.2 Å². The third-order valence-electron chi connectivity index (χ3n) is 6.43. The number of fused-ring (bicyclic) bond motifs is 1. The molecule has 1 aromatic heterocycles. The summed E-state index contributed by atoms with van der Waals surface area (Å²) in [6.45, 7) is 0.871. The molecule has 1 N–H and O–H groups in total. The van der Waals surface area contributed by atoms with E-state index in [4.69, 9.17) is 9.72 Å². The average Bonchev–Trinajstić information content (AvgIpc) is 3.69. The van der Waals surface area contributed by atoms with E-state index < -0.39 is 18.3 Å². The number of ether oxygens (including phenoxy) is 1. The van der Waals surface area contributed by atoms with Gasteiger partial charge in [0.2, 0.25) is 0 Å². The summed E-state index contributed by atoms with van der Waals surface area (Å²) in [5.41, 5.74) is 3.07. The quantitative estimate of drug-likeness (QED) is 0.418. The lowest BCUT2D eigenvalue weighted by Crippen LogP contribution is -2.41. The molecule has 1 aliphatic carbocycles. The zero-order valence-electron chi connectivity index (χ0n) is 19.1. The molecule has 1 amide bonds. The Labute approximate surface area is 201 Å². The third-order valence-corrected chi connectivity index (χ3v) is 6.43. The number of rotatable bonds is 9. The van der Waals surface area contributed by atoms with Gasteiger partial charge in [-0.3, -0.25) is 9.78 Å². The molecule has 5 rings (SSSR count). The van der Waals surface area contributed by atoms with Gasteiger partial charge in [0.15, 0.2) is 11.6 Å². The summed E-state index contributed by atoms with van der Waals surface area (Å²) >= 11 is 0. The first-order valence-electron chi connectivity index (χ1n) is 11.8. The maximum Gasteiger partial charge on any atom is 0.254 e. The van der Waals surface area contributed by atoms with E-state index in [1.54, 1.807) is 12.1 Å². The van der Waals surface area contributed by atoms with Gasteiger partial charge < -0.3 is 15.0 Å². The number of benzene rings is 2. The number of carbonyl (C=O) groups is 1. The van der Waals surface area contributed by atoms with Crippen molar-refractivity contribution in [3.63, 3.8) is 0 Å². The second kappa shape index (κ2) is 10.1. The molecule has 2 heterocycles. The second-order valence-electron chi connectivity index (χ2n) is 8.95. The van der Waals surface area contributed by atoms with Crippen molar-refractivity contribution in [1.29, 1.82) is 0 Å². The molecule has 1 saturated carbocycles. The number of amides is 1. The Bertz CT molecular complexity index is 1230. The first-order chi connectivity index (χ1) is 17.0. The van der Waals surface area contributed by atoms with Gasteiger partial charge in [-0.2, -0.15) is 0 Å². The van der Waals surface area contributed by atoms with Crippen LogP contribution in [0.3, 0.4) is 0 Å². The van der Waals surface area contributed by atoms with E-state index in [1.165, 1.54) is 6.07 Å². The standard InChI is InChI=1S/C27H26F3N3O2/c28-11-12-31-16-20-2-1-3-24(32-20)26(18-4-5-18)33-13-10-17-6-8-21(15-22(17)27(33)34)35-25-9-7-19(29)14-23(25)30/h1-3,6-9,14-15,18,26,31H,4-5,10-13,16H2. The maximum atomic E-state index is 14.1. The van der Waals surface area contributed by atoms with Crippen LogP contribution in [-0.2, 0) is 13.0 Å². The minimum atomic E-state index is -0.809. The maximum absolute atomic E-state index is 14.1. The van der Waals surface area contributed by atoms with Crippen LogP contribution in [0.2, 0.25) is 0 Å². The van der Waals surface area contributed by atoms with E-state index in [2.05, 4.69) is 5.32 Å². The Morgan fingerprint density at radius 1 is 1.11 bits per heavy atom. The molecule has 1 fully saturated rings. The summed E-state index contributed by atoms with van der Waals surface area (Å²) < 4.78 is 45.4. The molecular formula is C27H26F3N3O2. The summed E-state index contributed by atoms with van der Waals surface area (Å²) in [7, 11) is 0. The van der Waals surface area contributed by atoms with E-state index in [9.17, 15) is 18.0 Å². The Balaban J connectivity index is 1.39. The van der Waals surface area contributed by atoms with Crippen molar-refractivity contribution < 1.29 is 22.7 Å². The van der Waals surface area contributed by atoms with Gasteiger partial charge in [-0.1, -0.05) is 12.1 Å². The number of hydrogen-bond donors (Lipinski definition) is 1. The van der Waals surface area contributed by atoms with Crippen LogP contribution in [0.25, 0.3) is 0 Å². The van der Waals surface area contributed by atoms with Crippen molar-refractivity contribution >= 4 is 5.91 Å². The van der Waals surface area contributed by atoms with E-state index in [0.717, 1.165) is 41.9 Å². The first-order valence-corrected chi connectivity index (χ1v) is 11.8. The van der Waals surface area contributed by atoms with Gasteiger partial charge in [-0.25, -0.2) is 13.2 Å². The van der Waals surface area contributed by atoms with Crippen LogP contribution >= 0.6 is 0 Å². The van der Waals surface area contributed by atoms with Gasteiger partial charge in [0, 0.05) is 31.3 Å². The number of hydrogen-bond acceptors (Lipinski definition) is 4. The lowest BCUT2D eigenvalue weighted by Gasteiger charge is -2.36. The molecule has 1 unspecified atom stereocenters. The Morgan fingerprint density at radius 3 is 2.74 bits per heavy atom. The van der Waals surface area contributed by atoms with E-state index in [-0.39, 0.29) is 24.2 Å². The van der Waals surface area contributed by atoms with Crippen molar-refractivity contribution in [3.05, 3.63) is 88.7 Å². The summed E-state index contributed by atoms with van der Waals surface area (Å²) in [5.74, 6) is -1.06. The van der Waals surface area contributed by atoms with E-state index >= 15 is 0 Å². The molecule has 1 atom stereocenters. The van der Waals surface area contributed by atoms with E-state index in [1.807, 2.05) is 29.2 Å². The molecule has 35 heavy (non-hydrogen) atoms. The molecule has 0 radical (unpaired) electrons. The zero-order chi connectivity index (χ0) is 24.4. The molecule has 1 aliphatic heterocycles. The number of nitrogens with one attached hydrogen (secondary N) is 1. The van der Waals surface area contributed by atoms with Gasteiger partial charge in [0.05, 0.1) is 17.4 Å². The normalized spacial score (nSPS) is 16.2. The number of nitrogens with zero attached hydrogens (tertiary/aromatic N) is 2. The van der Waals surface area contributed by atoms with Crippen molar-refractivity contribution in [3.8, 4) is 11.5 Å². The highest BCUT2D eigenvalue weighted by molar-refractivity contribution is 5.97. The van der Waals surface area contributed by atoms with Crippen molar-refractivity contribution in [2.45, 2.75) is 31.8 Å². The highest BCUT2D eigenvalue weighted by atomic mass is 19.1. The first kappa shape index (κ1) is 23.4. The fraction of sp³-hybridized carbons (Fsp3) is 0.333. The summed E-state index contributed by atoms with van der Waals surface area (Å²) in [4.78, 5) is 20.3. The lowest BCUT2D eigenvalue weighted by molar-refractivity contribution is 0.0627. The fourth-order valence-corrected chi connectivity index (χ4v) is 4.60. The molecular weight excluding hydrogens is 455 g/mol. The minimum absolute atomic E-state index is 0.107. The highest BCUT2D eigenvalue weighted by Crippen LogP contribution is 2.45. The summed E-state index contributed by atoms with van der Waals surface area (Å²) in [6.07, 6.45) is 2.74. The van der Waals surface area contributed by atoms with Gasteiger partial charge in [0.25, 0.3) is 5.91 Å². The predicted molar refractivity (Wildman–Crippen MR) is 125 cm³/mol. The molecule has 2 aromatic carbocycles. The van der Waals surface area contributed by atoms with Crippen molar-refractivity contribution in [1.82, 2.24) is 15.2 Å². The van der Waals surface area contributed by atoms with Gasteiger partial charge in [0.1, 0.15) is 18.2 Å². The Kier molecular flexibility index (Phi) is 6.72. The molecule has 2 aliphatic rings. The highest BCUT2D eigenvalue weighted by Gasteiger charge is 2.41. The predicted octanol–water partition coefficient (Wildman–Crippen LogP) is 5.36. The van der Waals surface area contributed by atoms with Crippen LogP contribution in [-0.4, -0.2) is 35.6 Å². The van der Waals surface area contributed by atoms with Crippen LogP contribution in [0.5, 0.6) is 11.5 Å². The van der Waals surface area contributed by atoms with E-state index in [0.29, 0.717) is 36.7 Å². The van der Waals surface area contributed by atoms with Crippen molar-refractivity contribution in [2.75, 3.05) is 19.8 Å². The average molecular weight is 482 g/mol. The largest absolute Gasteiger partial charge is 0.454 e. The molecule has 5 nitrogen and oxygen atoms in total. The number of alkyl halides is 1. The minimum Gasteiger partial charge on any atom is -0.454 e. The summed E-state index contributed by atoms with van der Waals surface area (Å²) in [6, 6.07) is 13.9. The van der Waals surface area contributed by atoms with Gasteiger partial charge in [-0.15, -0.1) is 0 Å². The Morgan fingerprint density at radius 2 is 1.97 bits per heavy atom. The third kappa shape index (κ3) is 5.17. The molecule has 0 saturated heterocycles. The monoisotopic (exact) mass is 481 g/mol. The summed E-state index contributed by atoms with van der Waals surface area (Å²) in [5, 5.41) is 3.02. The molecule has 0 bridgehead atoms. The smallest absolute Gasteiger partial charge is 0.254 e. The number of carbonyl (C=O) groups excluding carboxylic acids is 1. The molecule has 8 heteroatoms. The fourth-order valence-electron chi connectivity index (χ4n) is 4.60. The SMILES string of the molecule is O=C1c2cc(Oc3ccc(F)cc3F)ccc2CCN1C(c1cccc(CNCCF)n1)C1CC1. The zero-order valence-corrected chi connectivity index (χ0v) is 19.1. The van der Waals surface area contributed by atoms with Crippen LogP contribution < -0.4 is 10.1 Å².